The highest BCUT2D eigenvalue weighted by Gasteiger charge is 2.01. The number of hydrogen-bond donors (Lipinski definition) is 1. The highest BCUT2D eigenvalue weighted by Crippen LogP contribution is 2.16. The minimum absolute atomic E-state index is 1.00. The predicted molar refractivity (Wildman–Crippen MR) is 72.9 cm³/mol. The molecule has 0 fully saturated rings. The van der Waals surface area contributed by atoms with E-state index < -0.39 is 0 Å². The second-order valence-corrected chi connectivity index (χ2v) is 4.65. The van der Waals surface area contributed by atoms with Crippen LogP contribution in [0.1, 0.15) is 0 Å². The van der Waals surface area contributed by atoms with Gasteiger partial charge in [0.1, 0.15) is 0 Å². The number of fused-ring (bicyclic) bond motifs is 1. The van der Waals surface area contributed by atoms with Crippen molar-refractivity contribution in [3.05, 3.63) is 59.2 Å². The van der Waals surface area contributed by atoms with Gasteiger partial charge in [0.05, 0.1) is 17.4 Å². The van der Waals surface area contributed by atoms with Gasteiger partial charge < -0.3 is 0 Å². The Hall–Kier alpha value is -1.81. The van der Waals surface area contributed by atoms with E-state index in [1.54, 1.807) is 4.79 Å². The van der Waals surface area contributed by atoms with Gasteiger partial charge in [-0.2, -0.15) is 9.89 Å². The average Bonchev–Trinajstić information content (AvgIpc) is 2.76. The maximum Gasteiger partial charge on any atom is 0.0922 e. The summed E-state index contributed by atoms with van der Waals surface area (Å²) in [5.74, 6) is 0. The van der Waals surface area contributed by atoms with Crippen LogP contribution >= 0.6 is 15.9 Å². The van der Waals surface area contributed by atoms with Gasteiger partial charge in [0.25, 0.3) is 0 Å². The van der Waals surface area contributed by atoms with Crippen molar-refractivity contribution in [2.75, 3.05) is 5.43 Å². The summed E-state index contributed by atoms with van der Waals surface area (Å²) in [4.78, 5) is 1.78. The van der Waals surface area contributed by atoms with Crippen LogP contribution in [0.2, 0.25) is 0 Å². The van der Waals surface area contributed by atoms with Crippen LogP contribution in [0.3, 0.4) is 0 Å². The second-order valence-electron chi connectivity index (χ2n) is 3.73. The fourth-order valence-corrected chi connectivity index (χ4v) is 1.97. The lowest BCUT2D eigenvalue weighted by Crippen LogP contribution is -2.09. The zero-order valence-corrected chi connectivity index (χ0v) is 10.6. The molecule has 0 saturated carbocycles. The minimum atomic E-state index is 1.00. The van der Waals surface area contributed by atoms with Gasteiger partial charge in [-0.1, -0.05) is 34.1 Å². The van der Waals surface area contributed by atoms with Gasteiger partial charge in [-0.15, -0.1) is 0 Å². The molecule has 1 aromatic heterocycles. The lowest BCUT2D eigenvalue weighted by atomic mass is 10.3. The van der Waals surface area contributed by atoms with Crippen molar-refractivity contribution in [1.29, 1.82) is 0 Å². The quantitative estimate of drug-likeness (QED) is 0.779. The van der Waals surface area contributed by atoms with Gasteiger partial charge in [0.15, 0.2) is 0 Å². The summed E-state index contributed by atoms with van der Waals surface area (Å²) in [6.07, 6.45) is 1.85. The highest BCUT2D eigenvalue weighted by molar-refractivity contribution is 9.10. The Bertz CT molecular complexity index is 643. The standard InChI is InChI=1S/C13H10BrN3/c14-11-5-7-12(8-6-11)16-17-13-4-2-1-3-10(13)9-15-17/h1-9,16H. The Balaban J connectivity index is 1.97. The molecule has 0 aliphatic heterocycles. The number of benzene rings is 2. The molecule has 3 aromatic rings. The second kappa shape index (κ2) is 4.22. The number of anilines is 1. The highest BCUT2D eigenvalue weighted by atomic mass is 79.9. The molecule has 0 atom stereocenters. The third-order valence-electron chi connectivity index (χ3n) is 2.56. The Morgan fingerprint density at radius 2 is 1.76 bits per heavy atom. The molecule has 0 saturated heterocycles. The van der Waals surface area contributed by atoms with E-state index in [1.165, 1.54) is 0 Å². The van der Waals surface area contributed by atoms with Crippen molar-refractivity contribution >= 4 is 32.5 Å². The summed E-state index contributed by atoms with van der Waals surface area (Å²) in [5.41, 5.74) is 5.31. The summed E-state index contributed by atoms with van der Waals surface area (Å²) in [7, 11) is 0. The maximum atomic E-state index is 4.31. The summed E-state index contributed by atoms with van der Waals surface area (Å²) in [6.45, 7) is 0. The lowest BCUT2D eigenvalue weighted by Gasteiger charge is -2.07. The van der Waals surface area contributed by atoms with Crippen LogP contribution in [0.4, 0.5) is 5.69 Å². The van der Waals surface area contributed by atoms with Gasteiger partial charge in [0.2, 0.25) is 0 Å². The topological polar surface area (TPSA) is 29.9 Å². The first-order chi connectivity index (χ1) is 8.33. The van der Waals surface area contributed by atoms with Crippen molar-refractivity contribution in [1.82, 2.24) is 9.89 Å². The third kappa shape index (κ3) is 2.03. The van der Waals surface area contributed by atoms with Crippen LogP contribution in [0, 0.1) is 0 Å². The molecule has 1 heterocycles. The summed E-state index contributed by atoms with van der Waals surface area (Å²) in [6, 6.07) is 16.1. The Kier molecular flexibility index (Phi) is 2.57. The Morgan fingerprint density at radius 1 is 1.00 bits per heavy atom. The van der Waals surface area contributed by atoms with Gasteiger partial charge in [0, 0.05) is 9.86 Å². The number of rotatable bonds is 2. The SMILES string of the molecule is Brc1ccc(Nn2ncc3ccccc32)cc1. The van der Waals surface area contributed by atoms with Crippen LogP contribution in [0.25, 0.3) is 10.9 Å². The zero-order chi connectivity index (χ0) is 11.7. The number of halogens is 1. The molecule has 4 heteroatoms. The molecule has 0 spiro atoms. The van der Waals surface area contributed by atoms with Crippen molar-refractivity contribution in [2.24, 2.45) is 0 Å². The first-order valence-corrected chi connectivity index (χ1v) is 6.07. The molecular formula is C13H10BrN3. The van der Waals surface area contributed by atoms with Gasteiger partial charge >= 0.3 is 0 Å². The van der Waals surface area contributed by atoms with E-state index in [1.807, 2.05) is 54.7 Å². The fraction of sp³-hybridized carbons (Fsp3) is 0. The number of nitrogens with one attached hydrogen (secondary N) is 1. The number of para-hydroxylation sites is 1. The van der Waals surface area contributed by atoms with E-state index in [-0.39, 0.29) is 0 Å². The summed E-state index contributed by atoms with van der Waals surface area (Å²) < 4.78 is 1.06. The molecule has 0 bridgehead atoms. The van der Waals surface area contributed by atoms with E-state index in [0.717, 1.165) is 21.1 Å². The predicted octanol–water partition coefficient (Wildman–Crippen LogP) is 3.67. The number of hydrogen-bond acceptors (Lipinski definition) is 2. The van der Waals surface area contributed by atoms with Crippen molar-refractivity contribution in [3.8, 4) is 0 Å². The van der Waals surface area contributed by atoms with Crippen LogP contribution in [-0.2, 0) is 0 Å². The first-order valence-electron chi connectivity index (χ1n) is 5.28. The molecule has 1 N–H and O–H groups in total. The van der Waals surface area contributed by atoms with E-state index >= 15 is 0 Å². The smallest absolute Gasteiger partial charge is 0.0922 e. The third-order valence-corrected chi connectivity index (χ3v) is 3.09. The summed E-state index contributed by atoms with van der Waals surface area (Å²) in [5, 5.41) is 5.43. The molecule has 17 heavy (non-hydrogen) atoms. The van der Waals surface area contributed by atoms with Crippen LogP contribution in [-0.4, -0.2) is 9.89 Å². The molecular weight excluding hydrogens is 278 g/mol. The lowest BCUT2D eigenvalue weighted by molar-refractivity contribution is 0.833. The maximum absolute atomic E-state index is 4.31. The largest absolute Gasteiger partial charge is 0.278 e. The van der Waals surface area contributed by atoms with Gasteiger partial charge in [-0.05, 0) is 30.3 Å². The molecule has 0 aliphatic carbocycles. The average molecular weight is 288 g/mol. The first kappa shape index (κ1) is 10.4. The molecule has 0 amide bonds. The van der Waals surface area contributed by atoms with E-state index in [4.69, 9.17) is 0 Å². The molecule has 3 nitrogen and oxygen atoms in total. The van der Waals surface area contributed by atoms with E-state index in [9.17, 15) is 0 Å². The Labute approximate surface area is 107 Å². The number of nitrogens with zero attached hydrogens (tertiary/aromatic N) is 2. The Morgan fingerprint density at radius 3 is 2.59 bits per heavy atom. The van der Waals surface area contributed by atoms with Crippen molar-refractivity contribution in [2.45, 2.75) is 0 Å². The van der Waals surface area contributed by atoms with E-state index in [0.29, 0.717) is 0 Å². The molecule has 0 radical (unpaired) electrons. The normalized spacial score (nSPS) is 10.6. The molecule has 84 valence electrons. The van der Waals surface area contributed by atoms with Crippen LogP contribution < -0.4 is 5.43 Å². The number of aromatic nitrogens is 2. The van der Waals surface area contributed by atoms with Gasteiger partial charge in [-0.25, -0.2) is 0 Å². The van der Waals surface area contributed by atoms with Crippen LogP contribution in [0.5, 0.6) is 0 Å². The zero-order valence-electron chi connectivity index (χ0n) is 8.97. The molecule has 3 rings (SSSR count). The monoisotopic (exact) mass is 287 g/mol. The van der Waals surface area contributed by atoms with E-state index in [2.05, 4.69) is 26.5 Å². The minimum Gasteiger partial charge on any atom is -0.278 e. The molecule has 0 unspecified atom stereocenters. The van der Waals surface area contributed by atoms with Gasteiger partial charge in [-0.3, -0.25) is 5.43 Å². The van der Waals surface area contributed by atoms with Crippen LogP contribution in [0.15, 0.2) is 59.2 Å². The molecule has 0 aliphatic rings. The fourth-order valence-electron chi connectivity index (χ4n) is 1.71. The molecule has 2 aromatic carbocycles. The van der Waals surface area contributed by atoms with Crippen molar-refractivity contribution in [3.63, 3.8) is 0 Å². The van der Waals surface area contributed by atoms with Crippen molar-refractivity contribution < 1.29 is 0 Å². The summed E-state index contributed by atoms with van der Waals surface area (Å²) >= 11 is 3.41.